The molecule has 1 aromatic carbocycles. The summed E-state index contributed by atoms with van der Waals surface area (Å²) in [4.78, 5) is 0. The molecule has 3 heteroatoms. The molecule has 0 bridgehead atoms. The molecule has 0 aliphatic carbocycles. The van der Waals surface area contributed by atoms with Gasteiger partial charge in [-0.2, -0.15) is 0 Å². The highest BCUT2D eigenvalue weighted by Crippen LogP contribution is 2.19. The molecule has 0 aromatic heterocycles. The van der Waals surface area contributed by atoms with Crippen molar-refractivity contribution in [3.63, 3.8) is 0 Å². The lowest BCUT2D eigenvalue weighted by atomic mass is 10.1. The van der Waals surface area contributed by atoms with Crippen LogP contribution in [0.4, 0.5) is 0 Å². The summed E-state index contributed by atoms with van der Waals surface area (Å²) in [7, 11) is 1.97. The number of unbranched alkanes of at least 4 members (excludes halogenated alkanes) is 2. The fraction of sp³-hybridized carbons (Fsp3) is 0.647. The normalized spacial score (nSPS) is 12.7. The summed E-state index contributed by atoms with van der Waals surface area (Å²) in [5.74, 6) is 0.919. The Labute approximate surface area is 123 Å². The van der Waals surface area contributed by atoms with Crippen molar-refractivity contribution in [3.05, 3.63) is 29.8 Å². The molecule has 0 fully saturated rings. The van der Waals surface area contributed by atoms with Gasteiger partial charge in [0.1, 0.15) is 5.75 Å². The van der Waals surface area contributed by atoms with Crippen LogP contribution in [0.25, 0.3) is 0 Å². The number of hydrogen-bond donors (Lipinski definition) is 1. The van der Waals surface area contributed by atoms with E-state index in [2.05, 4.69) is 24.4 Å². The smallest absolute Gasteiger partial charge is 0.119 e. The van der Waals surface area contributed by atoms with Crippen molar-refractivity contribution in [3.8, 4) is 5.75 Å². The summed E-state index contributed by atoms with van der Waals surface area (Å²) in [6, 6.07) is 8.50. The van der Waals surface area contributed by atoms with Gasteiger partial charge in [-0.25, -0.2) is 0 Å². The van der Waals surface area contributed by atoms with Crippen molar-refractivity contribution >= 4 is 0 Å². The van der Waals surface area contributed by atoms with Crippen LogP contribution in [0.1, 0.15) is 51.6 Å². The van der Waals surface area contributed by atoms with E-state index in [1.807, 2.05) is 33.0 Å². The molecule has 1 atom stereocenters. The molecule has 0 heterocycles. The highest BCUT2D eigenvalue weighted by Gasteiger charge is 2.09. The Kier molecular flexibility index (Phi) is 8.31. The number of ether oxygens (including phenoxy) is 2. The monoisotopic (exact) mass is 279 g/mol. The first kappa shape index (κ1) is 17.0. The van der Waals surface area contributed by atoms with E-state index in [4.69, 9.17) is 9.47 Å². The molecule has 114 valence electrons. The van der Waals surface area contributed by atoms with Gasteiger partial charge >= 0.3 is 0 Å². The number of rotatable bonds is 10. The van der Waals surface area contributed by atoms with Gasteiger partial charge in [-0.15, -0.1) is 0 Å². The standard InChI is InChI=1S/C17H29NO2/c1-5-6-7-12-19-13-17(18-4)15-8-10-16(11-9-15)20-14(2)3/h8-11,14,17-18H,5-7,12-13H2,1-4H3. The molecule has 0 spiro atoms. The van der Waals surface area contributed by atoms with Gasteiger partial charge in [0.2, 0.25) is 0 Å². The molecule has 0 radical (unpaired) electrons. The zero-order valence-corrected chi connectivity index (χ0v) is 13.3. The van der Waals surface area contributed by atoms with E-state index in [1.54, 1.807) is 0 Å². The SMILES string of the molecule is CCCCCOCC(NC)c1ccc(OC(C)C)cc1. The molecule has 0 amide bonds. The van der Waals surface area contributed by atoms with Crippen LogP contribution in [0.5, 0.6) is 5.75 Å². The highest BCUT2D eigenvalue weighted by molar-refractivity contribution is 5.29. The summed E-state index contributed by atoms with van der Waals surface area (Å²) in [6.07, 6.45) is 3.83. The molecular formula is C17H29NO2. The predicted molar refractivity (Wildman–Crippen MR) is 84.4 cm³/mol. The highest BCUT2D eigenvalue weighted by atomic mass is 16.5. The molecule has 20 heavy (non-hydrogen) atoms. The summed E-state index contributed by atoms with van der Waals surface area (Å²) in [6.45, 7) is 7.84. The first-order chi connectivity index (χ1) is 9.67. The topological polar surface area (TPSA) is 30.5 Å². The zero-order chi connectivity index (χ0) is 14.8. The van der Waals surface area contributed by atoms with E-state index in [0.29, 0.717) is 6.61 Å². The van der Waals surface area contributed by atoms with Crippen LogP contribution in [-0.2, 0) is 4.74 Å². The van der Waals surface area contributed by atoms with Crippen molar-refractivity contribution in [2.24, 2.45) is 0 Å². The Morgan fingerprint density at radius 2 is 1.80 bits per heavy atom. The van der Waals surface area contributed by atoms with E-state index in [0.717, 1.165) is 18.8 Å². The van der Waals surface area contributed by atoms with Crippen LogP contribution in [0.15, 0.2) is 24.3 Å². The second-order valence-corrected chi connectivity index (χ2v) is 5.36. The van der Waals surface area contributed by atoms with Gasteiger partial charge in [0.25, 0.3) is 0 Å². The third kappa shape index (κ3) is 6.40. The molecule has 1 rings (SSSR count). The minimum atomic E-state index is 0.211. The Morgan fingerprint density at radius 3 is 2.35 bits per heavy atom. The van der Waals surface area contributed by atoms with Crippen molar-refractivity contribution in [2.75, 3.05) is 20.3 Å². The number of nitrogens with one attached hydrogen (secondary N) is 1. The Bertz CT molecular complexity index is 349. The molecule has 1 aromatic rings. The van der Waals surface area contributed by atoms with E-state index < -0.39 is 0 Å². The van der Waals surface area contributed by atoms with Gasteiger partial charge in [-0.3, -0.25) is 0 Å². The van der Waals surface area contributed by atoms with Gasteiger partial charge in [0, 0.05) is 6.61 Å². The van der Waals surface area contributed by atoms with Crippen LogP contribution in [0.3, 0.4) is 0 Å². The first-order valence-electron chi connectivity index (χ1n) is 7.69. The molecule has 1 N–H and O–H groups in total. The van der Waals surface area contributed by atoms with Gasteiger partial charge in [-0.05, 0) is 45.0 Å². The Hall–Kier alpha value is -1.06. The molecule has 0 saturated heterocycles. The number of benzene rings is 1. The molecule has 0 aliphatic heterocycles. The van der Waals surface area contributed by atoms with E-state index >= 15 is 0 Å². The third-order valence-corrected chi connectivity index (χ3v) is 3.18. The lowest BCUT2D eigenvalue weighted by molar-refractivity contribution is 0.110. The minimum absolute atomic E-state index is 0.211. The Balaban J connectivity index is 2.44. The van der Waals surface area contributed by atoms with Crippen LogP contribution >= 0.6 is 0 Å². The lowest BCUT2D eigenvalue weighted by Gasteiger charge is -2.18. The zero-order valence-electron chi connectivity index (χ0n) is 13.3. The van der Waals surface area contributed by atoms with E-state index in [9.17, 15) is 0 Å². The summed E-state index contributed by atoms with van der Waals surface area (Å²) in [5, 5.41) is 3.30. The maximum absolute atomic E-state index is 5.74. The molecule has 3 nitrogen and oxygen atoms in total. The fourth-order valence-corrected chi connectivity index (χ4v) is 2.05. The third-order valence-electron chi connectivity index (χ3n) is 3.18. The lowest BCUT2D eigenvalue weighted by Crippen LogP contribution is -2.22. The second-order valence-electron chi connectivity index (χ2n) is 5.36. The van der Waals surface area contributed by atoms with E-state index in [-0.39, 0.29) is 12.1 Å². The van der Waals surface area contributed by atoms with Crippen molar-refractivity contribution in [1.29, 1.82) is 0 Å². The largest absolute Gasteiger partial charge is 0.491 e. The minimum Gasteiger partial charge on any atom is -0.491 e. The van der Waals surface area contributed by atoms with Gasteiger partial charge in [0.15, 0.2) is 0 Å². The van der Waals surface area contributed by atoms with Crippen molar-refractivity contribution in [2.45, 2.75) is 52.2 Å². The predicted octanol–water partition coefficient (Wildman–Crippen LogP) is 3.94. The average Bonchev–Trinajstić information content (AvgIpc) is 2.43. The fourth-order valence-electron chi connectivity index (χ4n) is 2.05. The molecule has 1 unspecified atom stereocenters. The number of likely N-dealkylation sites (N-methyl/N-ethyl adjacent to an activating group) is 1. The second kappa shape index (κ2) is 9.78. The molecular weight excluding hydrogens is 250 g/mol. The Morgan fingerprint density at radius 1 is 1.10 bits per heavy atom. The quantitative estimate of drug-likeness (QED) is 0.658. The number of hydrogen-bond acceptors (Lipinski definition) is 3. The summed E-state index contributed by atoms with van der Waals surface area (Å²) in [5.41, 5.74) is 1.24. The maximum atomic E-state index is 5.74. The molecule has 0 saturated carbocycles. The van der Waals surface area contributed by atoms with Crippen LogP contribution in [0.2, 0.25) is 0 Å². The average molecular weight is 279 g/mol. The molecule has 0 aliphatic rings. The summed E-state index contributed by atoms with van der Waals surface area (Å²) < 4.78 is 11.4. The van der Waals surface area contributed by atoms with Crippen LogP contribution in [-0.4, -0.2) is 26.4 Å². The van der Waals surface area contributed by atoms with Gasteiger partial charge in [-0.1, -0.05) is 31.9 Å². The maximum Gasteiger partial charge on any atom is 0.119 e. The van der Waals surface area contributed by atoms with E-state index in [1.165, 1.54) is 18.4 Å². The summed E-state index contributed by atoms with van der Waals surface area (Å²) >= 11 is 0. The first-order valence-corrected chi connectivity index (χ1v) is 7.69. The van der Waals surface area contributed by atoms with Crippen molar-refractivity contribution in [1.82, 2.24) is 5.32 Å². The van der Waals surface area contributed by atoms with Crippen LogP contribution in [0, 0.1) is 0 Å². The van der Waals surface area contributed by atoms with Gasteiger partial charge < -0.3 is 14.8 Å². The van der Waals surface area contributed by atoms with Gasteiger partial charge in [0.05, 0.1) is 18.8 Å². The van der Waals surface area contributed by atoms with Crippen molar-refractivity contribution < 1.29 is 9.47 Å². The van der Waals surface area contributed by atoms with Crippen LogP contribution < -0.4 is 10.1 Å².